The Labute approximate surface area is 156 Å². The summed E-state index contributed by atoms with van der Waals surface area (Å²) in [6, 6.07) is 22.6. The molecule has 5 nitrogen and oxygen atoms in total. The molecule has 3 aromatic carbocycles. The molecular formula is C19H17N3O2S2. The molecule has 0 aliphatic rings. The van der Waals surface area contributed by atoms with Crippen LogP contribution in [0.25, 0.3) is 10.8 Å². The van der Waals surface area contributed by atoms with Crippen LogP contribution in [0.5, 0.6) is 0 Å². The molecule has 0 amide bonds. The Morgan fingerprint density at radius 1 is 0.885 bits per heavy atom. The molecule has 2 N–H and O–H groups in total. The van der Waals surface area contributed by atoms with Crippen molar-refractivity contribution in [1.29, 1.82) is 0 Å². The number of sulfonamides is 1. The third kappa shape index (κ3) is 4.72. The fourth-order valence-electron chi connectivity index (χ4n) is 2.51. The lowest BCUT2D eigenvalue weighted by molar-refractivity contribution is 0.598. The number of aromatic nitrogens is 2. The Bertz CT molecular complexity index is 1070. The highest BCUT2D eigenvalue weighted by atomic mass is 32.2. The Hall–Kier alpha value is -2.61. The lowest BCUT2D eigenvalue weighted by Gasteiger charge is -2.02. The first-order valence-corrected chi connectivity index (χ1v) is 10.2. The molecular weight excluding hydrogens is 366 g/mol. The SMILES string of the molecule is NS(=O)(=O)c1cccc2ccccc12.c1ccc(Cc2csnn2)cc1. The van der Waals surface area contributed by atoms with Crippen LogP contribution in [-0.2, 0) is 16.4 Å². The molecule has 0 atom stereocenters. The predicted octanol–water partition coefficient (Wildman–Crippen LogP) is 3.62. The van der Waals surface area contributed by atoms with E-state index >= 15 is 0 Å². The second kappa shape index (κ2) is 8.18. The average Bonchev–Trinajstić information content (AvgIpc) is 3.15. The minimum absolute atomic E-state index is 0.176. The van der Waals surface area contributed by atoms with E-state index in [2.05, 4.69) is 21.7 Å². The first-order valence-electron chi connectivity index (χ1n) is 7.84. The van der Waals surface area contributed by atoms with Gasteiger partial charge in [-0.25, -0.2) is 13.6 Å². The van der Waals surface area contributed by atoms with Crippen molar-refractivity contribution in [3.63, 3.8) is 0 Å². The number of nitrogens with zero attached hydrogens (tertiary/aromatic N) is 2. The molecule has 0 fully saturated rings. The van der Waals surface area contributed by atoms with E-state index in [1.165, 1.54) is 23.2 Å². The van der Waals surface area contributed by atoms with Crippen LogP contribution in [0.15, 0.2) is 83.1 Å². The second-order valence-corrected chi connectivity index (χ2v) is 7.72. The Balaban J connectivity index is 0.000000152. The number of hydrogen-bond acceptors (Lipinski definition) is 5. The van der Waals surface area contributed by atoms with Gasteiger partial charge in [-0.1, -0.05) is 71.2 Å². The average molecular weight is 383 g/mol. The quantitative estimate of drug-likeness (QED) is 0.585. The van der Waals surface area contributed by atoms with Gasteiger partial charge in [-0.3, -0.25) is 0 Å². The lowest BCUT2D eigenvalue weighted by Crippen LogP contribution is -2.12. The van der Waals surface area contributed by atoms with E-state index in [1.54, 1.807) is 18.2 Å². The number of fused-ring (bicyclic) bond motifs is 1. The highest BCUT2D eigenvalue weighted by Crippen LogP contribution is 2.21. The number of nitrogens with two attached hydrogens (primary N) is 1. The van der Waals surface area contributed by atoms with Crippen molar-refractivity contribution in [2.45, 2.75) is 11.3 Å². The highest BCUT2D eigenvalue weighted by Gasteiger charge is 2.10. The van der Waals surface area contributed by atoms with E-state index in [0.717, 1.165) is 17.5 Å². The molecule has 0 radical (unpaired) electrons. The molecule has 0 spiro atoms. The van der Waals surface area contributed by atoms with E-state index in [1.807, 2.05) is 41.8 Å². The van der Waals surface area contributed by atoms with Crippen molar-refractivity contribution in [3.8, 4) is 0 Å². The maximum Gasteiger partial charge on any atom is 0.238 e. The third-order valence-electron chi connectivity index (χ3n) is 3.69. The maximum absolute atomic E-state index is 11.2. The van der Waals surface area contributed by atoms with E-state index in [4.69, 9.17) is 5.14 Å². The normalized spacial score (nSPS) is 11.0. The van der Waals surface area contributed by atoms with Crippen LogP contribution < -0.4 is 5.14 Å². The van der Waals surface area contributed by atoms with Crippen LogP contribution in [0.1, 0.15) is 11.3 Å². The fraction of sp³-hybridized carbons (Fsp3) is 0.0526. The molecule has 4 rings (SSSR count). The van der Waals surface area contributed by atoms with Gasteiger partial charge in [0, 0.05) is 17.2 Å². The monoisotopic (exact) mass is 383 g/mol. The predicted molar refractivity (Wildman–Crippen MR) is 104 cm³/mol. The lowest BCUT2D eigenvalue weighted by atomic mass is 10.1. The number of rotatable bonds is 3. The summed E-state index contributed by atoms with van der Waals surface area (Å²) in [5.74, 6) is 0. The molecule has 1 aromatic heterocycles. The van der Waals surface area contributed by atoms with E-state index in [0.29, 0.717) is 5.39 Å². The zero-order valence-corrected chi connectivity index (χ0v) is 15.5. The van der Waals surface area contributed by atoms with Crippen molar-refractivity contribution >= 4 is 32.3 Å². The first kappa shape index (κ1) is 18.2. The minimum atomic E-state index is -3.63. The Kier molecular flexibility index (Phi) is 5.72. The van der Waals surface area contributed by atoms with Gasteiger partial charge in [0.2, 0.25) is 10.0 Å². The van der Waals surface area contributed by atoms with Crippen LogP contribution >= 0.6 is 11.5 Å². The number of benzene rings is 3. The van der Waals surface area contributed by atoms with Crippen molar-refractivity contribution < 1.29 is 8.42 Å². The van der Waals surface area contributed by atoms with Crippen LogP contribution in [-0.4, -0.2) is 18.0 Å². The smallest absolute Gasteiger partial charge is 0.225 e. The van der Waals surface area contributed by atoms with Crippen molar-refractivity contribution in [2.24, 2.45) is 5.14 Å². The van der Waals surface area contributed by atoms with Crippen molar-refractivity contribution in [3.05, 3.63) is 89.4 Å². The molecule has 4 aromatic rings. The van der Waals surface area contributed by atoms with E-state index in [-0.39, 0.29) is 4.90 Å². The summed E-state index contributed by atoms with van der Waals surface area (Å²) >= 11 is 1.40. The molecule has 132 valence electrons. The standard InChI is InChI=1S/C10H9NO2S.C9H8N2S/c11-14(12,13)10-7-3-5-8-4-1-2-6-9(8)10;1-2-4-8(5-3-1)6-9-7-12-11-10-9/h1-7H,(H2,11,12,13);1-5,7H,6H2. The molecule has 0 saturated carbocycles. The maximum atomic E-state index is 11.2. The molecule has 0 aliphatic heterocycles. The van der Waals surface area contributed by atoms with Crippen LogP contribution in [0.2, 0.25) is 0 Å². The van der Waals surface area contributed by atoms with Gasteiger partial charge < -0.3 is 0 Å². The Morgan fingerprint density at radius 3 is 2.27 bits per heavy atom. The molecule has 1 heterocycles. The summed E-state index contributed by atoms with van der Waals surface area (Å²) in [4.78, 5) is 0.176. The molecule has 7 heteroatoms. The molecule has 26 heavy (non-hydrogen) atoms. The summed E-state index contributed by atoms with van der Waals surface area (Å²) in [7, 11) is -3.63. The largest absolute Gasteiger partial charge is 0.238 e. The van der Waals surface area contributed by atoms with Crippen molar-refractivity contribution in [2.75, 3.05) is 0 Å². The van der Waals surface area contributed by atoms with Crippen molar-refractivity contribution in [1.82, 2.24) is 9.59 Å². The van der Waals surface area contributed by atoms with Crippen LogP contribution in [0.4, 0.5) is 0 Å². The summed E-state index contributed by atoms with van der Waals surface area (Å²) in [6.07, 6.45) is 0.886. The summed E-state index contributed by atoms with van der Waals surface area (Å²) in [5.41, 5.74) is 2.33. The van der Waals surface area contributed by atoms with Gasteiger partial charge in [0.15, 0.2) is 0 Å². The van der Waals surface area contributed by atoms with Gasteiger partial charge in [0.05, 0.1) is 10.6 Å². The highest BCUT2D eigenvalue weighted by molar-refractivity contribution is 7.89. The Morgan fingerprint density at radius 2 is 1.58 bits per heavy atom. The van der Waals surface area contributed by atoms with Gasteiger partial charge in [0.25, 0.3) is 0 Å². The van der Waals surface area contributed by atoms with Crippen LogP contribution in [0, 0.1) is 0 Å². The summed E-state index contributed by atoms with van der Waals surface area (Å²) in [6.45, 7) is 0. The molecule has 0 bridgehead atoms. The third-order valence-corrected chi connectivity index (χ3v) is 5.21. The summed E-state index contributed by atoms with van der Waals surface area (Å²) < 4.78 is 26.3. The van der Waals surface area contributed by atoms with Gasteiger partial charge in [-0.05, 0) is 28.5 Å². The van der Waals surface area contributed by atoms with Gasteiger partial charge in [-0.2, -0.15) is 0 Å². The molecule has 0 aliphatic carbocycles. The zero-order chi connectivity index (χ0) is 18.4. The number of primary sulfonamides is 1. The minimum Gasteiger partial charge on any atom is -0.225 e. The summed E-state index contributed by atoms with van der Waals surface area (Å²) in [5, 5.41) is 12.6. The second-order valence-electron chi connectivity index (χ2n) is 5.58. The first-order chi connectivity index (χ1) is 12.5. The van der Waals surface area contributed by atoms with E-state index in [9.17, 15) is 8.42 Å². The number of hydrogen-bond donors (Lipinski definition) is 1. The fourth-order valence-corrected chi connectivity index (χ4v) is 3.72. The van der Waals surface area contributed by atoms with Gasteiger partial charge in [-0.15, -0.1) is 5.10 Å². The zero-order valence-electron chi connectivity index (χ0n) is 13.8. The molecule has 0 saturated heterocycles. The van der Waals surface area contributed by atoms with Crippen LogP contribution in [0.3, 0.4) is 0 Å². The van der Waals surface area contributed by atoms with Gasteiger partial charge >= 0.3 is 0 Å². The van der Waals surface area contributed by atoms with Gasteiger partial charge in [0.1, 0.15) is 0 Å². The molecule has 0 unspecified atom stereocenters. The van der Waals surface area contributed by atoms with E-state index < -0.39 is 10.0 Å². The topological polar surface area (TPSA) is 85.9 Å².